The number of carbonyl (C=O) groups is 2. The van der Waals surface area contributed by atoms with Gasteiger partial charge in [-0.15, -0.1) is 10.2 Å². The van der Waals surface area contributed by atoms with Crippen LogP contribution in [0, 0.1) is 5.92 Å². The molecule has 0 bridgehead atoms. The van der Waals surface area contributed by atoms with Crippen molar-refractivity contribution < 1.29 is 9.59 Å². The standard InChI is InChI=1S/C17H20N4O2S/c1-3-14-19-20-17(24-14)18-16(23)13-9-15(22)21(10-13)11(2)12-7-5-4-6-8-12/h4-8,11,13H,3,9-10H2,1-2H3,(H,18,20,23)/t11-,13+/m1/s1. The average molecular weight is 344 g/mol. The molecule has 6 nitrogen and oxygen atoms in total. The largest absolute Gasteiger partial charge is 0.335 e. The lowest BCUT2D eigenvalue weighted by atomic mass is 10.1. The van der Waals surface area contributed by atoms with Gasteiger partial charge in [0.1, 0.15) is 5.01 Å². The van der Waals surface area contributed by atoms with E-state index in [1.54, 1.807) is 4.90 Å². The predicted molar refractivity (Wildman–Crippen MR) is 92.6 cm³/mol. The summed E-state index contributed by atoms with van der Waals surface area (Å²) in [6.07, 6.45) is 1.03. The second-order valence-electron chi connectivity index (χ2n) is 5.88. The van der Waals surface area contributed by atoms with E-state index in [1.807, 2.05) is 44.2 Å². The number of aromatic nitrogens is 2. The highest BCUT2D eigenvalue weighted by molar-refractivity contribution is 7.15. The van der Waals surface area contributed by atoms with Crippen LogP contribution in [0.15, 0.2) is 30.3 Å². The molecule has 2 amide bonds. The topological polar surface area (TPSA) is 75.2 Å². The normalized spacial score (nSPS) is 18.7. The Bertz CT molecular complexity index is 731. The molecule has 1 N–H and O–H groups in total. The lowest BCUT2D eigenvalue weighted by Gasteiger charge is -2.25. The molecule has 1 aliphatic heterocycles. The summed E-state index contributed by atoms with van der Waals surface area (Å²) in [5.41, 5.74) is 1.07. The zero-order valence-corrected chi connectivity index (χ0v) is 14.5. The van der Waals surface area contributed by atoms with Gasteiger partial charge in [-0.3, -0.25) is 9.59 Å². The molecule has 2 atom stereocenters. The van der Waals surface area contributed by atoms with Crippen molar-refractivity contribution in [3.8, 4) is 0 Å². The molecule has 3 rings (SSSR count). The highest BCUT2D eigenvalue weighted by Gasteiger charge is 2.37. The molecule has 1 aromatic carbocycles. The lowest BCUT2D eigenvalue weighted by molar-refractivity contribution is -0.129. The van der Waals surface area contributed by atoms with Gasteiger partial charge in [0, 0.05) is 13.0 Å². The Labute approximate surface area is 144 Å². The summed E-state index contributed by atoms with van der Waals surface area (Å²) in [7, 11) is 0. The van der Waals surface area contributed by atoms with Gasteiger partial charge in [-0.2, -0.15) is 0 Å². The molecular formula is C17H20N4O2S. The molecule has 1 aromatic heterocycles. The Balaban J connectivity index is 1.64. The van der Waals surface area contributed by atoms with E-state index in [-0.39, 0.29) is 30.2 Å². The summed E-state index contributed by atoms with van der Waals surface area (Å²) in [6, 6.07) is 9.82. The van der Waals surface area contributed by atoms with E-state index >= 15 is 0 Å². The fourth-order valence-electron chi connectivity index (χ4n) is 2.85. The van der Waals surface area contributed by atoms with Crippen LogP contribution in [0.3, 0.4) is 0 Å². The van der Waals surface area contributed by atoms with Crippen molar-refractivity contribution in [2.45, 2.75) is 32.7 Å². The second-order valence-corrected chi connectivity index (χ2v) is 6.94. The molecule has 7 heteroatoms. The molecule has 1 fully saturated rings. The van der Waals surface area contributed by atoms with Gasteiger partial charge >= 0.3 is 0 Å². The molecule has 0 saturated carbocycles. The summed E-state index contributed by atoms with van der Waals surface area (Å²) >= 11 is 1.37. The minimum atomic E-state index is -0.349. The molecule has 2 aromatic rings. The van der Waals surface area contributed by atoms with Gasteiger partial charge in [0.25, 0.3) is 0 Å². The maximum Gasteiger partial charge on any atom is 0.231 e. The quantitative estimate of drug-likeness (QED) is 0.905. The molecule has 0 aliphatic carbocycles. The van der Waals surface area contributed by atoms with Gasteiger partial charge < -0.3 is 10.2 Å². The molecule has 2 heterocycles. The van der Waals surface area contributed by atoms with E-state index in [9.17, 15) is 9.59 Å². The van der Waals surface area contributed by atoms with Crippen LogP contribution in [0.25, 0.3) is 0 Å². The summed E-state index contributed by atoms with van der Waals surface area (Å²) in [4.78, 5) is 26.5. The van der Waals surface area contributed by atoms with Crippen LogP contribution >= 0.6 is 11.3 Å². The van der Waals surface area contributed by atoms with E-state index < -0.39 is 0 Å². The fourth-order valence-corrected chi connectivity index (χ4v) is 3.53. The van der Waals surface area contributed by atoms with Crippen LogP contribution < -0.4 is 5.32 Å². The smallest absolute Gasteiger partial charge is 0.231 e. The Morgan fingerprint density at radius 1 is 1.38 bits per heavy atom. The molecule has 24 heavy (non-hydrogen) atoms. The van der Waals surface area contributed by atoms with Crippen molar-refractivity contribution in [3.05, 3.63) is 40.9 Å². The van der Waals surface area contributed by atoms with Gasteiger partial charge in [0.2, 0.25) is 16.9 Å². The van der Waals surface area contributed by atoms with Gasteiger partial charge in [-0.05, 0) is 18.9 Å². The number of anilines is 1. The van der Waals surface area contributed by atoms with Crippen molar-refractivity contribution in [2.75, 3.05) is 11.9 Å². The van der Waals surface area contributed by atoms with E-state index in [4.69, 9.17) is 0 Å². The molecule has 0 radical (unpaired) electrons. The van der Waals surface area contributed by atoms with Crippen LogP contribution in [0.2, 0.25) is 0 Å². The third kappa shape index (κ3) is 3.46. The third-order valence-electron chi connectivity index (χ3n) is 4.28. The molecular weight excluding hydrogens is 324 g/mol. The number of aryl methyl sites for hydroxylation is 1. The van der Waals surface area contributed by atoms with Gasteiger partial charge in [0.05, 0.1) is 12.0 Å². The van der Waals surface area contributed by atoms with Crippen LogP contribution in [0.5, 0.6) is 0 Å². The number of nitrogens with one attached hydrogen (secondary N) is 1. The van der Waals surface area contributed by atoms with Crippen LogP contribution in [-0.4, -0.2) is 33.5 Å². The predicted octanol–water partition coefficient (Wildman–Crippen LogP) is 2.65. The first kappa shape index (κ1) is 16.6. The number of rotatable bonds is 5. The number of hydrogen-bond acceptors (Lipinski definition) is 5. The van der Waals surface area contributed by atoms with E-state index in [1.165, 1.54) is 11.3 Å². The number of carbonyl (C=O) groups excluding carboxylic acids is 2. The Hall–Kier alpha value is -2.28. The molecule has 0 spiro atoms. The Morgan fingerprint density at radius 3 is 2.79 bits per heavy atom. The summed E-state index contributed by atoms with van der Waals surface area (Å²) in [6.45, 7) is 4.41. The zero-order valence-electron chi connectivity index (χ0n) is 13.7. The Kier molecular flexibility index (Phi) is 4.89. The van der Waals surface area contributed by atoms with E-state index in [0.29, 0.717) is 11.7 Å². The van der Waals surface area contributed by atoms with Crippen molar-refractivity contribution in [1.82, 2.24) is 15.1 Å². The fraction of sp³-hybridized carbons (Fsp3) is 0.412. The summed E-state index contributed by atoms with van der Waals surface area (Å²) in [5.74, 6) is -0.499. The van der Waals surface area contributed by atoms with Crippen molar-refractivity contribution in [1.29, 1.82) is 0 Å². The molecule has 126 valence electrons. The molecule has 1 saturated heterocycles. The first-order chi connectivity index (χ1) is 11.6. The van der Waals surface area contributed by atoms with Crippen LogP contribution in [0.1, 0.15) is 36.9 Å². The highest BCUT2D eigenvalue weighted by atomic mass is 32.1. The van der Waals surface area contributed by atoms with Gasteiger partial charge in [-0.1, -0.05) is 48.6 Å². The monoisotopic (exact) mass is 344 g/mol. The zero-order chi connectivity index (χ0) is 17.1. The molecule has 0 unspecified atom stereocenters. The number of likely N-dealkylation sites (tertiary alicyclic amines) is 1. The first-order valence-electron chi connectivity index (χ1n) is 8.06. The third-order valence-corrected chi connectivity index (χ3v) is 5.26. The van der Waals surface area contributed by atoms with Crippen molar-refractivity contribution >= 4 is 28.3 Å². The van der Waals surface area contributed by atoms with Gasteiger partial charge in [0.15, 0.2) is 0 Å². The number of benzene rings is 1. The van der Waals surface area contributed by atoms with Gasteiger partial charge in [-0.25, -0.2) is 0 Å². The number of amides is 2. The van der Waals surface area contributed by atoms with Crippen molar-refractivity contribution in [2.24, 2.45) is 5.92 Å². The maximum absolute atomic E-state index is 12.4. The summed E-state index contributed by atoms with van der Waals surface area (Å²) < 4.78 is 0. The minimum absolute atomic E-state index is 0.0121. The van der Waals surface area contributed by atoms with Crippen LogP contribution in [-0.2, 0) is 16.0 Å². The highest BCUT2D eigenvalue weighted by Crippen LogP contribution is 2.29. The van der Waals surface area contributed by atoms with Crippen LogP contribution in [0.4, 0.5) is 5.13 Å². The lowest BCUT2D eigenvalue weighted by Crippen LogP contribution is -2.30. The Morgan fingerprint density at radius 2 is 2.12 bits per heavy atom. The van der Waals surface area contributed by atoms with E-state index in [0.717, 1.165) is 17.0 Å². The van der Waals surface area contributed by atoms with Crippen molar-refractivity contribution in [3.63, 3.8) is 0 Å². The first-order valence-corrected chi connectivity index (χ1v) is 8.87. The SMILES string of the molecule is CCc1nnc(NC(=O)[C@H]2CC(=O)N([C@H](C)c3ccccc3)C2)s1. The number of hydrogen-bond donors (Lipinski definition) is 1. The number of nitrogens with zero attached hydrogens (tertiary/aromatic N) is 3. The average Bonchev–Trinajstić information content (AvgIpc) is 3.21. The molecule has 1 aliphatic rings. The minimum Gasteiger partial charge on any atom is -0.335 e. The second kappa shape index (κ2) is 7.09. The van der Waals surface area contributed by atoms with E-state index in [2.05, 4.69) is 15.5 Å². The maximum atomic E-state index is 12.4. The summed E-state index contributed by atoms with van der Waals surface area (Å²) in [5, 5.41) is 12.1.